The fraction of sp³-hybridized carbons (Fsp3) is 0.188. The zero-order valence-electron chi connectivity index (χ0n) is 22.0. The van der Waals surface area contributed by atoms with Crippen molar-refractivity contribution in [3.05, 3.63) is 118 Å². The third kappa shape index (κ3) is 4.05. The van der Waals surface area contributed by atoms with Gasteiger partial charge >= 0.3 is 0 Å². The summed E-state index contributed by atoms with van der Waals surface area (Å²) in [5.41, 5.74) is 3.05. The average Bonchev–Trinajstić information content (AvgIpc) is 2.99. The Labute approximate surface area is 240 Å². The highest BCUT2D eigenvalue weighted by Crippen LogP contribution is 2.42. The number of nitrogens with zero attached hydrogens (tertiary/aromatic N) is 2. The van der Waals surface area contributed by atoms with E-state index in [4.69, 9.17) is 0 Å². The highest BCUT2D eigenvalue weighted by atomic mass is 32.2. The van der Waals surface area contributed by atoms with Crippen molar-refractivity contribution in [2.24, 2.45) is 0 Å². The van der Waals surface area contributed by atoms with Gasteiger partial charge in [-0.3, -0.25) is 29.0 Å². The molecule has 2 atom stereocenters. The maximum atomic E-state index is 14.0. The Balaban J connectivity index is 1.49. The molecular formula is C32H26N2O4S2. The molecule has 0 aliphatic carbocycles. The molecule has 2 aliphatic rings. The lowest BCUT2D eigenvalue weighted by Gasteiger charge is -2.37. The summed E-state index contributed by atoms with van der Waals surface area (Å²) in [5, 5.41) is 0.777. The summed E-state index contributed by atoms with van der Waals surface area (Å²) in [6.45, 7) is 0. The van der Waals surface area contributed by atoms with Crippen LogP contribution in [0.5, 0.6) is 0 Å². The molecule has 2 heterocycles. The van der Waals surface area contributed by atoms with Crippen molar-refractivity contribution in [3.8, 4) is 0 Å². The lowest BCUT2D eigenvalue weighted by molar-refractivity contribution is 0.0531. The number of thioether (sulfide) groups is 2. The normalized spacial score (nSPS) is 16.1. The molecule has 6 nitrogen and oxygen atoms in total. The number of rotatable bonds is 8. The van der Waals surface area contributed by atoms with Gasteiger partial charge in [0.15, 0.2) is 0 Å². The van der Waals surface area contributed by atoms with E-state index in [1.807, 2.05) is 73.2 Å². The maximum absolute atomic E-state index is 14.0. The molecule has 2 aliphatic heterocycles. The van der Waals surface area contributed by atoms with Crippen LogP contribution in [0.25, 0.3) is 10.8 Å². The fourth-order valence-electron chi connectivity index (χ4n) is 5.78. The Morgan fingerprint density at radius 2 is 0.800 bits per heavy atom. The lowest BCUT2D eigenvalue weighted by atomic mass is 9.84. The standard InChI is InChI=1S/C32H26N2O4S2/c1-39-17-25(19-9-5-3-6-10-19)33-29(35)21-13-15-23-28-24(16-14-22(27(21)28)30(33)36)32(38)34(31(23)37)26(18-40-2)20-11-7-4-8-12-20/h3-16,25-26H,17-18H2,1-2H3. The van der Waals surface area contributed by atoms with Gasteiger partial charge < -0.3 is 0 Å². The SMILES string of the molecule is CSCC(c1ccccc1)N1C(=O)c2ccc3c4c(ccc(c24)C1=O)C(=O)N(C(CSC)c1ccccc1)C3=O. The molecule has 0 spiro atoms. The van der Waals surface area contributed by atoms with Crippen LogP contribution in [0, 0.1) is 0 Å². The first-order chi connectivity index (χ1) is 19.5. The summed E-state index contributed by atoms with van der Waals surface area (Å²) >= 11 is 3.11. The fourth-order valence-corrected chi connectivity index (χ4v) is 7.10. The van der Waals surface area contributed by atoms with Crippen LogP contribution in [0.4, 0.5) is 0 Å². The molecular weight excluding hydrogens is 540 g/mol. The Bertz CT molecular complexity index is 1480. The predicted octanol–water partition coefficient (Wildman–Crippen LogP) is 6.24. The molecule has 40 heavy (non-hydrogen) atoms. The Morgan fingerprint density at radius 1 is 0.500 bits per heavy atom. The molecule has 0 saturated heterocycles. The smallest absolute Gasteiger partial charge is 0.262 e. The number of amides is 4. The molecule has 0 radical (unpaired) electrons. The summed E-state index contributed by atoms with van der Waals surface area (Å²) in [6.07, 6.45) is 3.88. The summed E-state index contributed by atoms with van der Waals surface area (Å²) in [5.74, 6) is -0.601. The second kappa shape index (κ2) is 10.6. The Morgan fingerprint density at radius 3 is 1.07 bits per heavy atom. The minimum absolute atomic E-state index is 0.329. The first-order valence-corrected chi connectivity index (χ1v) is 15.7. The van der Waals surface area contributed by atoms with Gasteiger partial charge in [-0.05, 0) is 47.9 Å². The second-order valence-electron chi connectivity index (χ2n) is 9.80. The van der Waals surface area contributed by atoms with E-state index in [-0.39, 0.29) is 0 Å². The number of benzene rings is 4. The van der Waals surface area contributed by atoms with Gasteiger partial charge in [-0.25, -0.2) is 0 Å². The minimum atomic E-state index is -0.455. The zero-order chi connectivity index (χ0) is 28.0. The molecule has 0 N–H and O–H groups in total. The molecule has 0 bridgehead atoms. The van der Waals surface area contributed by atoms with Gasteiger partial charge in [0.05, 0.1) is 12.1 Å². The van der Waals surface area contributed by atoms with Crippen molar-refractivity contribution < 1.29 is 19.2 Å². The van der Waals surface area contributed by atoms with Gasteiger partial charge in [0.1, 0.15) is 0 Å². The third-order valence-corrected chi connectivity index (χ3v) is 8.90. The van der Waals surface area contributed by atoms with Crippen molar-refractivity contribution >= 4 is 57.9 Å². The largest absolute Gasteiger partial charge is 0.269 e. The van der Waals surface area contributed by atoms with Crippen LogP contribution in [0.2, 0.25) is 0 Å². The second-order valence-corrected chi connectivity index (χ2v) is 11.6. The van der Waals surface area contributed by atoms with E-state index in [9.17, 15) is 19.2 Å². The minimum Gasteiger partial charge on any atom is -0.269 e. The molecule has 0 aromatic heterocycles. The van der Waals surface area contributed by atoms with E-state index in [0.29, 0.717) is 44.5 Å². The van der Waals surface area contributed by atoms with Crippen LogP contribution in [-0.4, -0.2) is 57.4 Å². The topological polar surface area (TPSA) is 74.8 Å². The van der Waals surface area contributed by atoms with Crippen LogP contribution >= 0.6 is 23.5 Å². The van der Waals surface area contributed by atoms with Gasteiger partial charge in [0.2, 0.25) is 0 Å². The number of hydrogen-bond acceptors (Lipinski definition) is 6. The molecule has 200 valence electrons. The van der Waals surface area contributed by atoms with E-state index in [1.165, 1.54) is 9.80 Å². The number of hydrogen-bond donors (Lipinski definition) is 0. The molecule has 6 rings (SSSR count). The Kier molecular flexibility index (Phi) is 6.98. The van der Waals surface area contributed by atoms with Gasteiger partial charge in [-0.1, -0.05) is 60.7 Å². The van der Waals surface area contributed by atoms with Gasteiger partial charge in [-0.2, -0.15) is 23.5 Å². The summed E-state index contributed by atoms with van der Waals surface area (Å²) in [4.78, 5) is 58.5. The van der Waals surface area contributed by atoms with E-state index in [1.54, 1.807) is 47.8 Å². The lowest BCUT2D eigenvalue weighted by Crippen LogP contribution is -2.46. The van der Waals surface area contributed by atoms with E-state index in [2.05, 4.69) is 0 Å². The highest BCUT2D eigenvalue weighted by Gasteiger charge is 2.43. The monoisotopic (exact) mass is 566 g/mol. The molecule has 4 aromatic carbocycles. The molecule has 4 amide bonds. The van der Waals surface area contributed by atoms with Gasteiger partial charge in [-0.15, -0.1) is 0 Å². The predicted molar refractivity (Wildman–Crippen MR) is 160 cm³/mol. The van der Waals surface area contributed by atoms with E-state index < -0.39 is 35.7 Å². The van der Waals surface area contributed by atoms with E-state index in [0.717, 1.165) is 11.1 Å². The number of carbonyl (C=O) groups is 4. The van der Waals surface area contributed by atoms with Gasteiger partial charge in [0.25, 0.3) is 23.6 Å². The molecule has 0 fully saturated rings. The van der Waals surface area contributed by atoms with Crippen LogP contribution in [-0.2, 0) is 0 Å². The Hall–Kier alpha value is -3.88. The maximum Gasteiger partial charge on any atom is 0.262 e. The summed E-state index contributed by atoms with van der Waals surface area (Å²) in [7, 11) is 0. The quantitative estimate of drug-likeness (QED) is 0.235. The first-order valence-electron chi connectivity index (χ1n) is 12.9. The van der Waals surface area contributed by atoms with Crippen LogP contribution in [0.1, 0.15) is 64.6 Å². The molecule has 0 saturated carbocycles. The van der Waals surface area contributed by atoms with E-state index >= 15 is 0 Å². The molecule has 4 aromatic rings. The van der Waals surface area contributed by atoms with Crippen LogP contribution in [0.15, 0.2) is 84.9 Å². The van der Waals surface area contributed by atoms with Crippen LogP contribution < -0.4 is 0 Å². The average molecular weight is 567 g/mol. The van der Waals surface area contributed by atoms with Crippen molar-refractivity contribution in [2.75, 3.05) is 24.0 Å². The van der Waals surface area contributed by atoms with Gasteiger partial charge in [0, 0.05) is 44.5 Å². The molecule has 2 unspecified atom stereocenters. The molecule has 8 heteroatoms. The van der Waals surface area contributed by atoms with Crippen molar-refractivity contribution in [2.45, 2.75) is 12.1 Å². The first kappa shape index (κ1) is 26.3. The van der Waals surface area contributed by atoms with Crippen molar-refractivity contribution in [1.29, 1.82) is 0 Å². The number of carbonyl (C=O) groups excluding carboxylic acids is 4. The summed E-state index contributed by atoms with van der Waals surface area (Å²) in [6, 6.07) is 24.6. The zero-order valence-corrected chi connectivity index (χ0v) is 23.6. The van der Waals surface area contributed by atoms with Crippen molar-refractivity contribution in [1.82, 2.24) is 9.80 Å². The third-order valence-electron chi connectivity index (χ3n) is 7.60. The number of imide groups is 2. The van der Waals surface area contributed by atoms with Crippen molar-refractivity contribution in [3.63, 3.8) is 0 Å². The highest BCUT2D eigenvalue weighted by molar-refractivity contribution is 7.98. The summed E-state index contributed by atoms with van der Waals surface area (Å²) < 4.78 is 0. The van der Waals surface area contributed by atoms with Crippen LogP contribution in [0.3, 0.4) is 0 Å².